The number of hydrogen-bond donors (Lipinski definition) is 0. The molecule has 0 aliphatic carbocycles. The third-order valence-corrected chi connectivity index (χ3v) is 5.38. The second-order valence-corrected chi connectivity index (χ2v) is 7.57. The van der Waals surface area contributed by atoms with Crippen molar-refractivity contribution in [3.63, 3.8) is 0 Å². The SMILES string of the molecule is O=C(Cc1ccccn1)N1CCC[C@@H](c2cccc(-c3cccc(Cl)c3)n2)C1. The van der Waals surface area contributed by atoms with Gasteiger partial charge < -0.3 is 4.90 Å². The van der Waals surface area contributed by atoms with E-state index >= 15 is 0 Å². The van der Waals surface area contributed by atoms with Crippen LogP contribution >= 0.6 is 11.6 Å². The van der Waals surface area contributed by atoms with Gasteiger partial charge in [0.2, 0.25) is 5.91 Å². The van der Waals surface area contributed by atoms with Crippen LogP contribution in [0, 0.1) is 0 Å². The molecule has 1 aliphatic heterocycles. The first-order valence-corrected chi connectivity index (χ1v) is 9.97. The van der Waals surface area contributed by atoms with Gasteiger partial charge in [-0.3, -0.25) is 14.8 Å². The fourth-order valence-corrected chi connectivity index (χ4v) is 3.89. The molecule has 2 aromatic heterocycles. The minimum atomic E-state index is 0.134. The summed E-state index contributed by atoms with van der Waals surface area (Å²) in [6.07, 6.45) is 4.11. The Labute approximate surface area is 170 Å². The minimum Gasteiger partial charge on any atom is -0.342 e. The number of benzene rings is 1. The van der Waals surface area contributed by atoms with Crippen molar-refractivity contribution in [3.05, 3.63) is 83.3 Å². The van der Waals surface area contributed by atoms with Gasteiger partial charge in [-0.05, 0) is 49.2 Å². The maximum absolute atomic E-state index is 12.7. The van der Waals surface area contributed by atoms with E-state index in [1.54, 1.807) is 6.20 Å². The number of halogens is 1. The van der Waals surface area contributed by atoms with Crippen molar-refractivity contribution in [2.24, 2.45) is 0 Å². The van der Waals surface area contributed by atoms with Crippen LogP contribution in [-0.4, -0.2) is 33.9 Å². The van der Waals surface area contributed by atoms with Gasteiger partial charge in [-0.2, -0.15) is 0 Å². The summed E-state index contributed by atoms with van der Waals surface area (Å²) in [5.41, 5.74) is 3.77. The Hall–Kier alpha value is -2.72. The van der Waals surface area contributed by atoms with Crippen LogP contribution in [0.25, 0.3) is 11.3 Å². The van der Waals surface area contributed by atoms with E-state index in [0.717, 1.165) is 42.0 Å². The van der Waals surface area contributed by atoms with E-state index in [2.05, 4.69) is 11.1 Å². The molecular weight excluding hydrogens is 370 g/mol. The van der Waals surface area contributed by atoms with Crippen molar-refractivity contribution >= 4 is 17.5 Å². The van der Waals surface area contributed by atoms with Crippen LogP contribution in [0.5, 0.6) is 0 Å². The van der Waals surface area contributed by atoms with Crippen LogP contribution in [-0.2, 0) is 11.2 Å². The van der Waals surface area contributed by atoms with Crippen LogP contribution in [0.2, 0.25) is 5.02 Å². The predicted octanol–water partition coefficient (Wildman–Crippen LogP) is 4.75. The number of hydrogen-bond acceptors (Lipinski definition) is 3. The summed E-state index contributed by atoms with van der Waals surface area (Å²) >= 11 is 6.13. The molecule has 28 heavy (non-hydrogen) atoms. The van der Waals surface area contributed by atoms with Crippen molar-refractivity contribution in [2.45, 2.75) is 25.2 Å². The smallest absolute Gasteiger partial charge is 0.228 e. The van der Waals surface area contributed by atoms with Gasteiger partial charge in [-0.1, -0.05) is 35.9 Å². The Morgan fingerprint density at radius 2 is 2.00 bits per heavy atom. The largest absolute Gasteiger partial charge is 0.342 e. The van der Waals surface area contributed by atoms with Gasteiger partial charge in [0, 0.05) is 47.2 Å². The summed E-state index contributed by atoms with van der Waals surface area (Å²) in [7, 11) is 0. The van der Waals surface area contributed by atoms with Gasteiger partial charge in [0.05, 0.1) is 12.1 Å². The molecule has 0 radical (unpaired) electrons. The molecule has 5 heteroatoms. The summed E-state index contributed by atoms with van der Waals surface area (Å²) < 4.78 is 0. The molecule has 4 nitrogen and oxygen atoms in total. The first kappa shape index (κ1) is 18.6. The Kier molecular flexibility index (Phi) is 5.68. The molecule has 0 saturated carbocycles. The molecule has 4 rings (SSSR count). The number of pyridine rings is 2. The summed E-state index contributed by atoms with van der Waals surface area (Å²) in [6.45, 7) is 1.51. The van der Waals surface area contributed by atoms with Crippen molar-refractivity contribution < 1.29 is 4.79 Å². The first-order valence-electron chi connectivity index (χ1n) is 9.59. The molecule has 0 spiro atoms. The van der Waals surface area contributed by atoms with E-state index < -0.39 is 0 Å². The third-order valence-electron chi connectivity index (χ3n) is 5.14. The Bertz CT molecular complexity index is 961. The highest BCUT2D eigenvalue weighted by atomic mass is 35.5. The fraction of sp³-hybridized carbons (Fsp3) is 0.261. The van der Waals surface area contributed by atoms with Crippen molar-refractivity contribution in [1.82, 2.24) is 14.9 Å². The standard InChI is InChI=1S/C23H22ClN3O/c24-19-8-3-6-17(14-19)21-10-4-11-22(26-21)18-7-5-13-27(16-18)23(28)15-20-9-1-2-12-25-20/h1-4,6,8-12,14,18H,5,7,13,15-16H2/t18-/m1/s1. The van der Waals surface area contributed by atoms with Gasteiger partial charge in [-0.25, -0.2) is 0 Å². The lowest BCUT2D eigenvalue weighted by Crippen LogP contribution is -2.40. The van der Waals surface area contributed by atoms with E-state index in [0.29, 0.717) is 18.0 Å². The lowest BCUT2D eigenvalue weighted by molar-refractivity contribution is -0.131. The normalized spacial score (nSPS) is 16.8. The monoisotopic (exact) mass is 391 g/mol. The molecule has 1 amide bonds. The topological polar surface area (TPSA) is 46.1 Å². The zero-order valence-electron chi connectivity index (χ0n) is 15.6. The number of amides is 1. The van der Waals surface area contributed by atoms with Crippen LogP contribution in [0.1, 0.15) is 30.1 Å². The molecule has 3 heterocycles. The molecule has 142 valence electrons. The molecule has 0 unspecified atom stereocenters. The molecule has 0 bridgehead atoms. The Balaban J connectivity index is 1.49. The first-order chi connectivity index (χ1) is 13.7. The molecule has 1 aliphatic rings. The second kappa shape index (κ2) is 8.53. The van der Waals surface area contributed by atoms with E-state index in [-0.39, 0.29) is 11.8 Å². The van der Waals surface area contributed by atoms with Crippen molar-refractivity contribution in [1.29, 1.82) is 0 Å². The lowest BCUT2D eigenvalue weighted by atomic mass is 9.93. The highest BCUT2D eigenvalue weighted by Gasteiger charge is 2.26. The number of piperidine rings is 1. The Morgan fingerprint density at radius 3 is 2.82 bits per heavy atom. The number of aromatic nitrogens is 2. The van der Waals surface area contributed by atoms with E-state index in [4.69, 9.17) is 16.6 Å². The van der Waals surface area contributed by atoms with Gasteiger partial charge in [0.15, 0.2) is 0 Å². The summed E-state index contributed by atoms with van der Waals surface area (Å²) in [5, 5.41) is 0.702. The van der Waals surface area contributed by atoms with E-state index in [1.807, 2.05) is 59.5 Å². The summed E-state index contributed by atoms with van der Waals surface area (Å²) in [5.74, 6) is 0.384. The zero-order valence-corrected chi connectivity index (χ0v) is 16.3. The number of rotatable bonds is 4. The summed E-state index contributed by atoms with van der Waals surface area (Å²) in [6, 6.07) is 19.5. The van der Waals surface area contributed by atoms with Gasteiger partial charge in [0.1, 0.15) is 0 Å². The van der Waals surface area contributed by atoms with Crippen molar-refractivity contribution in [3.8, 4) is 11.3 Å². The average molecular weight is 392 g/mol. The van der Waals surface area contributed by atoms with Gasteiger partial charge in [0.25, 0.3) is 0 Å². The van der Waals surface area contributed by atoms with Gasteiger partial charge >= 0.3 is 0 Å². The highest BCUT2D eigenvalue weighted by molar-refractivity contribution is 6.30. The van der Waals surface area contributed by atoms with Crippen LogP contribution in [0.4, 0.5) is 0 Å². The Morgan fingerprint density at radius 1 is 1.11 bits per heavy atom. The molecular formula is C23H22ClN3O. The molecule has 1 fully saturated rings. The van der Waals surface area contributed by atoms with Crippen LogP contribution < -0.4 is 0 Å². The molecule has 0 N–H and O–H groups in total. The number of carbonyl (C=O) groups is 1. The van der Waals surface area contributed by atoms with Gasteiger partial charge in [-0.15, -0.1) is 0 Å². The second-order valence-electron chi connectivity index (χ2n) is 7.13. The molecule has 3 aromatic rings. The highest BCUT2D eigenvalue weighted by Crippen LogP contribution is 2.28. The van der Waals surface area contributed by atoms with Crippen molar-refractivity contribution in [2.75, 3.05) is 13.1 Å². The van der Waals surface area contributed by atoms with Crippen LogP contribution in [0.3, 0.4) is 0 Å². The minimum absolute atomic E-state index is 0.134. The molecule has 1 saturated heterocycles. The molecule has 1 atom stereocenters. The number of carbonyl (C=O) groups excluding carboxylic acids is 1. The number of nitrogens with zero attached hydrogens (tertiary/aromatic N) is 3. The van der Waals surface area contributed by atoms with E-state index in [9.17, 15) is 4.79 Å². The third kappa shape index (κ3) is 4.39. The van der Waals surface area contributed by atoms with Crippen LogP contribution in [0.15, 0.2) is 66.9 Å². The lowest BCUT2D eigenvalue weighted by Gasteiger charge is -2.32. The quantitative estimate of drug-likeness (QED) is 0.645. The molecule has 1 aromatic carbocycles. The summed E-state index contributed by atoms with van der Waals surface area (Å²) in [4.78, 5) is 23.8. The fourth-order valence-electron chi connectivity index (χ4n) is 3.70. The number of likely N-dealkylation sites (tertiary alicyclic amines) is 1. The zero-order chi connectivity index (χ0) is 19.3. The van der Waals surface area contributed by atoms with E-state index in [1.165, 1.54) is 0 Å². The maximum atomic E-state index is 12.7. The predicted molar refractivity (Wildman–Crippen MR) is 111 cm³/mol. The maximum Gasteiger partial charge on any atom is 0.228 e. The average Bonchev–Trinajstić information content (AvgIpc) is 2.75.